The molecule has 2 heterocycles. The topological polar surface area (TPSA) is 121 Å². The fourth-order valence-corrected chi connectivity index (χ4v) is 7.37. The maximum atomic E-state index is 13.9. The number of nitrogens with one attached hydrogen (secondary N) is 2. The number of thiazole rings is 1. The number of piperazine rings is 1. The summed E-state index contributed by atoms with van der Waals surface area (Å²) in [6.07, 6.45) is -0.358. The lowest BCUT2D eigenvalue weighted by Crippen LogP contribution is -2.62. The number of nitrogens with zero attached hydrogens (tertiary/aromatic N) is 4. The number of carbonyl (C=O) groups is 2. The second-order valence-electron chi connectivity index (χ2n) is 14.2. The molecule has 1 aliphatic heterocycles. The first-order valence-electron chi connectivity index (χ1n) is 16.5. The van der Waals surface area contributed by atoms with Crippen molar-refractivity contribution in [2.45, 2.75) is 76.4 Å². The molecule has 3 unspecified atom stereocenters. The van der Waals surface area contributed by atoms with Crippen molar-refractivity contribution in [1.29, 1.82) is 0 Å². The molecule has 2 aliphatic rings. The monoisotopic (exact) mass is 662 g/mol. The van der Waals surface area contributed by atoms with Crippen molar-refractivity contribution in [2.24, 2.45) is 5.92 Å². The summed E-state index contributed by atoms with van der Waals surface area (Å²) in [7, 11) is 3.95. The van der Waals surface area contributed by atoms with Crippen LogP contribution in [0.3, 0.4) is 0 Å². The molecule has 1 aliphatic carbocycles. The average Bonchev–Trinajstić information content (AvgIpc) is 3.61. The molecule has 1 saturated heterocycles. The first-order valence-corrected chi connectivity index (χ1v) is 17.4. The van der Waals surface area contributed by atoms with E-state index in [1.54, 1.807) is 11.3 Å². The van der Waals surface area contributed by atoms with Crippen LogP contribution >= 0.6 is 11.3 Å². The van der Waals surface area contributed by atoms with Crippen LogP contribution in [0.1, 0.15) is 55.6 Å². The normalized spacial score (nSPS) is 21.6. The van der Waals surface area contributed by atoms with Gasteiger partial charge in [0.05, 0.1) is 23.9 Å². The number of carbonyl (C=O) groups excluding carboxylic acids is 2. The maximum absolute atomic E-state index is 13.9. The Morgan fingerprint density at radius 1 is 1.09 bits per heavy atom. The fraction of sp³-hybridized carbons (Fsp3) is 0.528. The summed E-state index contributed by atoms with van der Waals surface area (Å²) < 4.78 is 0. The molecule has 0 bridgehead atoms. The maximum Gasteiger partial charge on any atom is 0.239 e. The molecular weight excluding hydrogens is 613 g/mol. The molecule has 0 spiro atoms. The Kier molecular flexibility index (Phi) is 11.3. The lowest BCUT2D eigenvalue weighted by atomic mass is 9.91. The molecule has 1 aromatic heterocycles. The number of anilines is 1. The van der Waals surface area contributed by atoms with E-state index < -0.39 is 35.7 Å². The van der Waals surface area contributed by atoms with Gasteiger partial charge in [0, 0.05) is 70.1 Å². The van der Waals surface area contributed by atoms with E-state index in [0.717, 1.165) is 34.1 Å². The average molecular weight is 663 g/mol. The van der Waals surface area contributed by atoms with Crippen LogP contribution in [0.4, 0.5) is 5.13 Å². The summed E-state index contributed by atoms with van der Waals surface area (Å²) in [5.41, 5.74) is 3.56. The summed E-state index contributed by atoms with van der Waals surface area (Å²) in [5.74, 6) is -0.791. The number of hydrogen-bond acceptors (Lipinski definition) is 9. The van der Waals surface area contributed by atoms with Crippen molar-refractivity contribution >= 4 is 28.3 Å². The molecular formula is C36H50N6O4S. The molecule has 47 heavy (non-hydrogen) atoms. The number of benzene rings is 2. The predicted molar refractivity (Wildman–Crippen MR) is 186 cm³/mol. The van der Waals surface area contributed by atoms with Gasteiger partial charge in [-0.2, -0.15) is 0 Å². The fourth-order valence-electron chi connectivity index (χ4n) is 6.62. The quantitative estimate of drug-likeness (QED) is 0.234. The lowest BCUT2D eigenvalue weighted by molar-refractivity contribution is -0.132. The second kappa shape index (κ2) is 15.3. The van der Waals surface area contributed by atoms with E-state index in [2.05, 4.69) is 25.8 Å². The van der Waals surface area contributed by atoms with Crippen molar-refractivity contribution < 1.29 is 19.8 Å². The summed E-state index contributed by atoms with van der Waals surface area (Å²) in [6.45, 7) is 8.66. The zero-order chi connectivity index (χ0) is 33.7. The van der Waals surface area contributed by atoms with Gasteiger partial charge < -0.3 is 25.7 Å². The SMILES string of the molecule is CN(C)c1nc(CN2CCN(CC(O)CC(Cc3ccccc3)C(=O)N[C@H]3c4ccccc4C[C@H]3O)C(C(=O)NC(C)(C)C)C2)cs1. The third-order valence-corrected chi connectivity index (χ3v) is 9.94. The molecule has 10 nitrogen and oxygen atoms in total. The van der Waals surface area contributed by atoms with E-state index in [0.29, 0.717) is 32.5 Å². The third kappa shape index (κ3) is 9.39. The van der Waals surface area contributed by atoms with Gasteiger partial charge >= 0.3 is 0 Å². The van der Waals surface area contributed by atoms with Crippen LogP contribution in [-0.2, 0) is 29.0 Å². The van der Waals surface area contributed by atoms with E-state index in [1.807, 2.05) is 94.4 Å². The highest BCUT2D eigenvalue weighted by atomic mass is 32.1. The third-order valence-electron chi connectivity index (χ3n) is 8.88. The molecule has 5 rings (SSSR count). The van der Waals surface area contributed by atoms with Gasteiger partial charge in [0.2, 0.25) is 11.8 Å². The van der Waals surface area contributed by atoms with Gasteiger partial charge in [0.1, 0.15) is 6.04 Å². The van der Waals surface area contributed by atoms with Crippen LogP contribution in [0.5, 0.6) is 0 Å². The Morgan fingerprint density at radius 3 is 2.51 bits per heavy atom. The number of rotatable bonds is 12. The number of aliphatic hydroxyl groups is 2. The molecule has 1 fully saturated rings. The number of aliphatic hydroxyl groups excluding tert-OH is 2. The molecule has 4 N–H and O–H groups in total. The van der Waals surface area contributed by atoms with Crippen LogP contribution in [0.2, 0.25) is 0 Å². The standard InChI is InChI=1S/C36H50N6O4S/c1-36(2,3)39-34(46)30-22-41(20-27-23-47-35(37-27)40(4)5)15-16-42(30)21-28(43)18-26(17-24-11-7-6-8-12-24)33(45)38-32-29-14-10-9-13-25(29)19-31(32)44/h6-14,23,26,28,30-32,43-44H,15-22H2,1-5H3,(H,38,45)(H,39,46)/t26?,28?,30?,31-,32+/m1/s1. The van der Waals surface area contributed by atoms with E-state index in [1.165, 1.54) is 0 Å². The minimum atomic E-state index is -0.840. The van der Waals surface area contributed by atoms with Gasteiger partial charge in [0.15, 0.2) is 5.13 Å². The highest BCUT2D eigenvalue weighted by molar-refractivity contribution is 7.13. The zero-order valence-corrected chi connectivity index (χ0v) is 29.0. The van der Waals surface area contributed by atoms with Crippen molar-refractivity contribution in [3.63, 3.8) is 0 Å². The number of aromatic nitrogens is 1. The van der Waals surface area contributed by atoms with Crippen molar-refractivity contribution in [3.8, 4) is 0 Å². The minimum Gasteiger partial charge on any atom is -0.392 e. The number of β-amino-alcohol motifs (C(OH)–C–C–N with tert-alkyl or cyclic N) is 1. The Hall–Kier alpha value is -3.35. The molecule has 2 amide bonds. The lowest BCUT2D eigenvalue weighted by Gasteiger charge is -2.42. The van der Waals surface area contributed by atoms with E-state index in [-0.39, 0.29) is 24.8 Å². The summed E-state index contributed by atoms with van der Waals surface area (Å²) in [6, 6.07) is 16.7. The van der Waals surface area contributed by atoms with Crippen molar-refractivity contribution in [3.05, 3.63) is 82.4 Å². The molecule has 3 aromatic rings. The summed E-state index contributed by atoms with van der Waals surface area (Å²) >= 11 is 1.60. The first kappa shape index (κ1) is 35.0. The minimum absolute atomic E-state index is 0.0749. The Balaban J connectivity index is 1.28. The largest absolute Gasteiger partial charge is 0.392 e. The highest BCUT2D eigenvalue weighted by Crippen LogP contribution is 2.32. The van der Waals surface area contributed by atoms with Gasteiger partial charge in [-0.1, -0.05) is 54.6 Å². The van der Waals surface area contributed by atoms with Crippen LogP contribution < -0.4 is 15.5 Å². The highest BCUT2D eigenvalue weighted by Gasteiger charge is 2.37. The number of amides is 2. The summed E-state index contributed by atoms with van der Waals surface area (Å²) in [4.78, 5) is 38.5. The van der Waals surface area contributed by atoms with Crippen LogP contribution in [-0.4, -0.2) is 101 Å². The first-order chi connectivity index (χ1) is 22.4. The summed E-state index contributed by atoms with van der Waals surface area (Å²) in [5, 5.41) is 31.6. The van der Waals surface area contributed by atoms with Crippen molar-refractivity contribution in [1.82, 2.24) is 25.4 Å². The smallest absolute Gasteiger partial charge is 0.239 e. The molecule has 11 heteroatoms. The van der Waals surface area contributed by atoms with E-state index in [4.69, 9.17) is 4.98 Å². The molecule has 5 atom stereocenters. The molecule has 254 valence electrons. The van der Waals surface area contributed by atoms with E-state index >= 15 is 0 Å². The molecule has 0 radical (unpaired) electrons. The number of hydrogen-bond donors (Lipinski definition) is 4. The Morgan fingerprint density at radius 2 is 1.81 bits per heavy atom. The molecule has 2 aromatic carbocycles. The van der Waals surface area contributed by atoms with Gasteiger partial charge in [-0.25, -0.2) is 4.98 Å². The molecule has 0 saturated carbocycles. The van der Waals surface area contributed by atoms with Crippen molar-refractivity contribution in [2.75, 3.05) is 45.2 Å². The van der Waals surface area contributed by atoms with E-state index in [9.17, 15) is 19.8 Å². The predicted octanol–water partition coefficient (Wildman–Crippen LogP) is 2.99. The van der Waals surface area contributed by atoms with Gasteiger partial charge in [-0.15, -0.1) is 11.3 Å². The van der Waals surface area contributed by atoms with Gasteiger partial charge in [-0.05, 0) is 50.3 Å². The zero-order valence-electron chi connectivity index (χ0n) is 28.2. The van der Waals surface area contributed by atoms with Crippen LogP contribution in [0.15, 0.2) is 60.0 Å². The Labute approximate surface area is 282 Å². The van der Waals surface area contributed by atoms with Crippen LogP contribution in [0, 0.1) is 5.92 Å². The van der Waals surface area contributed by atoms with Gasteiger partial charge in [-0.3, -0.25) is 19.4 Å². The number of fused-ring (bicyclic) bond motifs is 1. The van der Waals surface area contributed by atoms with Gasteiger partial charge in [0.25, 0.3) is 0 Å². The van der Waals surface area contributed by atoms with Crippen LogP contribution in [0.25, 0.3) is 0 Å². The Bertz CT molecular complexity index is 1490. The second-order valence-corrected chi connectivity index (χ2v) is 15.1.